The van der Waals surface area contributed by atoms with E-state index in [0.717, 1.165) is 11.5 Å². The highest BCUT2D eigenvalue weighted by Gasteiger charge is 2.03. The molecule has 4 N–H and O–H groups in total. The Morgan fingerprint density at radius 1 is 1.31 bits per heavy atom. The number of nitrogens with zero attached hydrogens (tertiary/aromatic N) is 1. The van der Waals surface area contributed by atoms with Crippen LogP contribution in [0.25, 0.3) is 0 Å². The summed E-state index contributed by atoms with van der Waals surface area (Å²) in [7, 11) is 0. The topological polar surface area (TPSA) is 86.1 Å². The molecule has 0 bridgehead atoms. The van der Waals surface area contributed by atoms with E-state index in [4.69, 9.17) is 16.6 Å². The average molecular weight is 272 g/mol. The number of rotatable bonds is 4. The van der Waals surface area contributed by atoms with Gasteiger partial charge in [-0.2, -0.15) is 0 Å². The summed E-state index contributed by atoms with van der Waals surface area (Å²) < 4.78 is 0. The summed E-state index contributed by atoms with van der Waals surface area (Å²) in [4.78, 5) is 5.90. The van der Waals surface area contributed by atoms with Crippen LogP contribution in [0.1, 0.15) is 9.75 Å². The SMILES string of the molecule is C=NC(=N)SCc1ccc(CSC(=N)N)s1. The smallest absolute Gasteiger partial charge is 0.179 e. The van der Waals surface area contributed by atoms with Crippen LogP contribution in [-0.2, 0) is 11.5 Å². The minimum atomic E-state index is 0.141. The Balaban J connectivity index is 2.42. The van der Waals surface area contributed by atoms with Gasteiger partial charge in [-0.15, -0.1) is 11.3 Å². The molecule has 0 aliphatic rings. The Labute approximate surface area is 107 Å². The zero-order chi connectivity index (χ0) is 12.0. The van der Waals surface area contributed by atoms with Crippen molar-refractivity contribution in [1.82, 2.24) is 0 Å². The lowest BCUT2D eigenvalue weighted by Crippen LogP contribution is -2.03. The maximum Gasteiger partial charge on any atom is 0.179 e. The van der Waals surface area contributed by atoms with Gasteiger partial charge in [0.2, 0.25) is 0 Å². The van der Waals surface area contributed by atoms with Gasteiger partial charge in [-0.3, -0.25) is 10.8 Å². The van der Waals surface area contributed by atoms with Gasteiger partial charge in [0.1, 0.15) is 0 Å². The van der Waals surface area contributed by atoms with Gasteiger partial charge in [0.05, 0.1) is 0 Å². The lowest BCUT2D eigenvalue weighted by molar-refractivity contribution is 1.49. The van der Waals surface area contributed by atoms with Crippen LogP contribution in [-0.4, -0.2) is 17.1 Å². The molecule has 0 fully saturated rings. The molecule has 1 aromatic heterocycles. The lowest BCUT2D eigenvalue weighted by Gasteiger charge is -1.96. The predicted molar refractivity (Wildman–Crippen MR) is 76.1 cm³/mol. The van der Waals surface area contributed by atoms with E-state index in [2.05, 4.69) is 11.7 Å². The summed E-state index contributed by atoms with van der Waals surface area (Å²) in [5.74, 6) is 1.48. The monoisotopic (exact) mass is 272 g/mol. The van der Waals surface area contributed by atoms with Crippen LogP contribution in [0.2, 0.25) is 0 Å². The number of nitrogens with one attached hydrogen (secondary N) is 2. The molecule has 0 spiro atoms. The van der Waals surface area contributed by atoms with Crippen molar-refractivity contribution in [2.45, 2.75) is 11.5 Å². The molecule has 1 rings (SSSR count). The van der Waals surface area contributed by atoms with Gasteiger partial charge in [0, 0.05) is 21.3 Å². The number of amidine groups is 2. The Morgan fingerprint density at radius 3 is 2.38 bits per heavy atom. The first-order valence-electron chi connectivity index (χ1n) is 4.34. The first-order valence-corrected chi connectivity index (χ1v) is 7.13. The van der Waals surface area contributed by atoms with Crippen LogP contribution < -0.4 is 5.73 Å². The predicted octanol–water partition coefficient (Wildman–Crippen LogP) is 2.74. The van der Waals surface area contributed by atoms with E-state index < -0.39 is 0 Å². The molecule has 16 heavy (non-hydrogen) atoms. The minimum Gasteiger partial charge on any atom is -0.379 e. The zero-order valence-corrected chi connectivity index (χ0v) is 11.0. The Hall–Kier alpha value is -0.790. The minimum absolute atomic E-state index is 0.141. The second kappa shape index (κ2) is 6.72. The highest BCUT2D eigenvalue weighted by molar-refractivity contribution is 8.13. The number of nitrogens with two attached hydrogens (primary N) is 1. The molecule has 0 aliphatic heterocycles. The van der Waals surface area contributed by atoms with E-state index >= 15 is 0 Å². The van der Waals surface area contributed by atoms with Gasteiger partial charge >= 0.3 is 0 Å². The Kier molecular flexibility index (Phi) is 5.58. The molecule has 7 heteroatoms. The van der Waals surface area contributed by atoms with Crippen molar-refractivity contribution >= 4 is 51.9 Å². The first kappa shape index (κ1) is 13.3. The third kappa shape index (κ3) is 4.82. The molecular weight excluding hydrogens is 260 g/mol. The van der Waals surface area contributed by atoms with E-state index in [-0.39, 0.29) is 10.3 Å². The molecule has 0 saturated carbocycles. The molecule has 0 amide bonds. The van der Waals surface area contributed by atoms with E-state index in [1.54, 1.807) is 11.3 Å². The van der Waals surface area contributed by atoms with Crippen LogP contribution >= 0.6 is 34.9 Å². The van der Waals surface area contributed by atoms with Crippen LogP contribution in [0, 0.1) is 10.8 Å². The molecule has 1 heterocycles. The van der Waals surface area contributed by atoms with Crippen molar-refractivity contribution in [2.75, 3.05) is 0 Å². The fraction of sp³-hybridized carbons (Fsp3) is 0.222. The second-order valence-corrected chi connectivity index (χ2v) is 6.01. The van der Waals surface area contributed by atoms with E-state index in [9.17, 15) is 0 Å². The molecule has 4 nitrogen and oxygen atoms in total. The number of hydrogen-bond donors (Lipinski definition) is 3. The molecule has 86 valence electrons. The number of thioether (sulfide) groups is 2. The molecule has 0 saturated heterocycles. The highest BCUT2D eigenvalue weighted by Crippen LogP contribution is 2.25. The summed E-state index contributed by atoms with van der Waals surface area (Å²) in [6.07, 6.45) is 0. The van der Waals surface area contributed by atoms with Gasteiger partial charge in [-0.25, -0.2) is 4.99 Å². The van der Waals surface area contributed by atoms with Crippen molar-refractivity contribution in [3.8, 4) is 0 Å². The standard InChI is InChI=1S/C9H12N4S3/c1-13-9(12)15-5-7-3-2-6(16-7)4-14-8(10)11/h2-3,12H,1,4-5H2,(H3,10,11). The summed E-state index contributed by atoms with van der Waals surface area (Å²) >= 11 is 4.35. The summed E-state index contributed by atoms with van der Waals surface area (Å²) in [6.45, 7) is 3.29. The maximum absolute atomic E-state index is 7.32. The van der Waals surface area contributed by atoms with Crippen molar-refractivity contribution in [2.24, 2.45) is 10.7 Å². The molecule has 0 aromatic carbocycles. The summed E-state index contributed by atoms with van der Waals surface area (Å²) in [6, 6.07) is 4.06. The van der Waals surface area contributed by atoms with Gasteiger partial charge in [-0.1, -0.05) is 23.5 Å². The molecule has 0 aliphatic carbocycles. The van der Waals surface area contributed by atoms with Gasteiger partial charge < -0.3 is 5.73 Å². The highest BCUT2D eigenvalue weighted by atomic mass is 32.2. The van der Waals surface area contributed by atoms with E-state index in [1.807, 2.05) is 12.1 Å². The van der Waals surface area contributed by atoms with Crippen LogP contribution in [0.15, 0.2) is 17.1 Å². The Bertz CT molecular complexity index is 399. The number of thiophene rings is 1. The van der Waals surface area contributed by atoms with Crippen LogP contribution in [0.5, 0.6) is 0 Å². The van der Waals surface area contributed by atoms with Crippen molar-refractivity contribution in [3.05, 3.63) is 21.9 Å². The number of hydrogen-bond acceptors (Lipinski definition) is 5. The van der Waals surface area contributed by atoms with Gasteiger partial charge in [-0.05, 0) is 18.9 Å². The molecule has 0 unspecified atom stereocenters. The zero-order valence-electron chi connectivity index (χ0n) is 8.53. The normalized spacial score (nSPS) is 10.0. The first-order chi connectivity index (χ1) is 7.61. The van der Waals surface area contributed by atoms with Gasteiger partial charge in [0.15, 0.2) is 10.3 Å². The Morgan fingerprint density at radius 2 is 1.88 bits per heavy atom. The van der Waals surface area contributed by atoms with Crippen LogP contribution in [0.3, 0.4) is 0 Å². The van der Waals surface area contributed by atoms with E-state index in [1.165, 1.54) is 33.3 Å². The third-order valence-electron chi connectivity index (χ3n) is 1.58. The average Bonchev–Trinajstić information content (AvgIpc) is 2.71. The quantitative estimate of drug-likeness (QED) is 0.582. The molecule has 1 aromatic rings. The largest absolute Gasteiger partial charge is 0.379 e. The number of aliphatic imine (C=N–C) groups is 1. The molecule has 0 radical (unpaired) electrons. The van der Waals surface area contributed by atoms with Crippen LogP contribution in [0.4, 0.5) is 0 Å². The van der Waals surface area contributed by atoms with Gasteiger partial charge in [0.25, 0.3) is 0 Å². The maximum atomic E-state index is 7.32. The fourth-order valence-corrected chi connectivity index (χ4v) is 3.21. The van der Waals surface area contributed by atoms with Crippen molar-refractivity contribution in [1.29, 1.82) is 10.8 Å². The van der Waals surface area contributed by atoms with E-state index in [0.29, 0.717) is 0 Å². The summed E-state index contributed by atoms with van der Waals surface area (Å²) in [5, 5.41) is 14.8. The molecular formula is C9H12N4S3. The molecule has 0 atom stereocenters. The summed E-state index contributed by atoms with van der Waals surface area (Å²) in [5.41, 5.74) is 5.26. The third-order valence-corrected chi connectivity index (χ3v) is 4.66. The fourth-order valence-electron chi connectivity index (χ4n) is 0.911. The lowest BCUT2D eigenvalue weighted by atomic mass is 10.5. The second-order valence-electron chi connectivity index (χ2n) is 2.77. The van der Waals surface area contributed by atoms with Crippen molar-refractivity contribution < 1.29 is 0 Å². The van der Waals surface area contributed by atoms with Crippen molar-refractivity contribution in [3.63, 3.8) is 0 Å².